The average molecular weight is 449 g/mol. The van der Waals surface area contributed by atoms with Crippen LogP contribution in [0.1, 0.15) is 44.9 Å². The standard InChI is InChI=1S/C22H28N2O6S/c1-15-20(16(2)23(3)21(15)22(26)29-4)19(25)14-24(13-17-9-8-12-30-17)31(27,28)18-10-6-5-7-11-18/h5-7,10-11,17H,8-9,12-14H2,1-4H3. The van der Waals surface area contributed by atoms with Crippen molar-refractivity contribution < 1.29 is 27.5 Å². The molecule has 2 aromatic rings. The molecule has 1 unspecified atom stereocenters. The van der Waals surface area contributed by atoms with Crippen molar-refractivity contribution in [2.24, 2.45) is 7.05 Å². The zero-order valence-corrected chi connectivity index (χ0v) is 19.1. The molecule has 1 aliphatic heterocycles. The number of carbonyl (C=O) groups is 2. The van der Waals surface area contributed by atoms with Gasteiger partial charge in [0.25, 0.3) is 0 Å². The Hall–Kier alpha value is -2.49. The molecule has 8 nitrogen and oxygen atoms in total. The predicted octanol–water partition coefficient (Wildman–Crippen LogP) is 2.48. The van der Waals surface area contributed by atoms with E-state index in [2.05, 4.69) is 0 Å². The van der Waals surface area contributed by atoms with Crippen molar-refractivity contribution in [1.29, 1.82) is 0 Å². The van der Waals surface area contributed by atoms with Crippen molar-refractivity contribution in [2.45, 2.75) is 37.7 Å². The van der Waals surface area contributed by atoms with Gasteiger partial charge in [0.05, 0.1) is 24.7 Å². The lowest BCUT2D eigenvalue weighted by Crippen LogP contribution is -2.40. The highest BCUT2D eigenvalue weighted by molar-refractivity contribution is 7.89. The third-order valence-electron chi connectivity index (χ3n) is 5.72. The molecular weight excluding hydrogens is 420 g/mol. The molecule has 1 aliphatic rings. The molecule has 0 N–H and O–H groups in total. The van der Waals surface area contributed by atoms with Gasteiger partial charge < -0.3 is 14.0 Å². The molecule has 0 bridgehead atoms. The minimum atomic E-state index is -3.91. The molecule has 0 aliphatic carbocycles. The molecular formula is C22H28N2O6S. The van der Waals surface area contributed by atoms with E-state index in [1.807, 2.05) is 0 Å². The van der Waals surface area contributed by atoms with E-state index in [0.29, 0.717) is 23.4 Å². The zero-order valence-electron chi connectivity index (χ0n) is 18.3. The zero-order chi connectivity index (χ0) is 22.8. The number of nitrogens with zero attached hydrogens (tertiary/aromatic N) is 2. The fourth-order valence-electron chi connectivity index (χ4n) is 4.02. The first-order valence-corrected chi connectivity index (χ1v) is 11.6. The highest BCUT2D eigenvalue weighted by Gasteiger charge is 2.33. The van der Waals surface area contributed by atoms with Crippen molar-refractivity contribution in [3.05, 3.63) is 52.8 Å². The average Bonchev–Trinajstić information content (AvgIpc) is 3.34. The van der Waals surface area contributed by atoms with Crippen molar-refractivity contribution in [2.75, 3.05) is 26.8 Å². The maximum absolute atomic E-state index is 13.3. The number of benzene rings is 1. The monoisotopic (exact) mass is 448 g/mol. The Morgan fingerprint density at radius 2 is 1.90 bits per heavy atom. The first kappa shape index (κ1) is 23.2. The fourth-order valence-corrected chi connectivity index (χ4v) is 5.47. The van der Waals surface area contributed by atoms with E-state index >= 15 is 0 Å². The maximum atomic E-state index is 13.3. The number of aromatic nitrogens is 1. The van der Waals surface area contributed by atoms with Gasteiger partial charge in [0.2, 0.25) is 10.0 Å². The van der Waals surface area contributed by atoms with Crippen LogP contribution in [0.4, 0.5) is 0 Å². The van der Waals surface area contributed by atoms with Crippen molar-refractivity contribution in [3.63, 3.8) is 0 Å². The third-order valence-corrected chi connectivity index (χ3v) is 7.55. The maximum Gasteiger partial charge on any atom is 0.354 e. The molecule has 1 aromatic heterocycles. The summed E-state index contributed by atoms with van der Waals surface area (Å²) in [4.78, 5) is 25.6. The van der Waals surface area contributed by atoms with E-state index in [9.17, 15) is 18.0 Å². The van der Waals surface area contributed by atoms with E-state index in [0.717, 1.165) is 12.8 Å². The molecule has 1 saturated heterocycles. The van der Waals surface area contributed by atoms with Gasteiger partial charge >= 0.3 is 5.97 Å². The summed E-state index contributed by atoms with van der Waals surface area (Å²) >= 11 is 0. The van der Waals surface area contributed by atoms with Crippen LogP contribution < -0.4 is 0 Å². The van der Waals surface area contributed by atoms with E-state index in [1.54, 1.807) is 43.7 Å². The molecule has 1 fully saturated rings. The molecule has 9 heteroatoms. The van der Waals surface area contributed by atoms with E-state index in [4.69, 9.17) is 9.47 Å². The third kappa shape index (κ3) is 4.58. The number of sulfonamides is 1. The summed E-state index contributed by atoms with van der Waals surface area (Å²) in [5, 5.41) is 0. The lowest BCUT2D eigenvalue weighted by molar-refractivity contribution is 0.0588. The smallest absolute Gasteiger partial charge is 0.354 e. The van der Waals surface area contributed by atoms with Crippen LogP contribution in [0.2, 0.25) is 0 Å². The summed E-state index contributed by atoms with van der Waals surface area (Å²) in [5.41, 5.74) is 1.67. The molecule has 2 heterocycles. The Bertz CT molecular complexity index is 1070. The fraction of sp³-hybridized carbons (Fsp3) is 0.455. The van der Waals surface area contributed by atoms with Gasteiger partial charge in [-0.3, -0.25) is 4.79 Å². The van der Waals surface area contributed by atoms with Crippen LogP contribution in [0.5, 0.6) is 0 Å². The Kier molecular flexibility index (Phi) is 6.98. The van der Waals surface area contributed by atoms with Gasteiger partial charge in [0.15, 0.2) is 5.78 Å². The summed E-state index contributed by atoms with van der Waals surface area (Å²) in [6, 6.07) is 8.05. The summed E-state index contributed by atoms with van der Waals surface area (Å²) < 4.78 is 39.9. The van der Waals surface area contributed by atoms with Crippen molar-refractivity contribution in [3.8, 4) is 0 Å². The summed E-state index contributed by atoms with van der Waals surface area (Å²) in [6.07, 6.45) is 1.34. The van der Waals surface area contributed by atoms with Crippen LogP contribution in [-0.2, 0) is 26.5 Å². The Labute approximate surface area is 182 Å². The number of methoxy groups -OCH3 is 1. The van der Waals surface area contributed by atoms with E-state index < -0.39 is 16.0 Å². The van der Waals surface area contributed by atoms with Gasteiger partial charge in [-0.05, 0) is 44.4 Å². The van der Waals surface area contributed by atoms with Gasteiger partial charge in [-0.25, -0.2) is 13.2 Å². The number of rotatable bonds is 8. The van der Waals surface area contributed by atoms with E-state index in [-0.39, 0.29) is 35.6 Å². The molecule has 0 amide bonds. The van der Waals surface area contributed by atoms with Gasteiger partial charge in [-0.1, -0.05) is 18.2 Å². The second-order valence-corrected chi connectivity index (χ2v) is 9.59. The number of Topliss-reactive ketones (excluding diaryl/α,β-unsaturated/α-hetero) is 1. The first-order chi connectivity index (χ1) is 14.7. The molecule has 0 saturated carbocycles. The van der Waals surface area contributed by atoms with Crippen LogP contribution in [0, 0.1) is 13.8 Å². The topological polar surface area (TPSA) is 94.9 Å². The van der Waals surface area contributed by atoms with Gasteiger partial charge in [-0.15, -0.1) is 0 Å². The van der Waals surface area contributed by atoms with Crippen LogP contribution in [0.15, 0.2) is 35.2 Å². The molecule has 0 radical (unpaired) electrons. The largest absolute Gasteiger partial charge is 0.464 e. The molecule has 0 spiro atoms. The lowest BCUT2D eigenvalue weighted by Gasteiger charge is -2.24. The van der Waals surface area contributed by atoms with Crippen LogP contribution in [0.3, 0.4) is 0 Å². The SMILES string of the molecule is COC(=O)c1c(C)c(C(=O)CN(CC2CCCO2)S(=O)(=O)c2ccccc2)c(C)n1C. The van der Waals surface area contributed by atoms with Crippen LogP contribution in [-0.4, -0.2) is 62.0 Å². The van der Waals surface area contributed by atoms with Gasteiger partial charge in [-0.2, -0.15) is 4.31 Å². The summed E-state index contributed by atoms with van der Waals surface area (Å²) in [7, 11) is -0.952. The van der Waals surface area contributed by atoms with Crippen LogP contribution in [0.25, 0.3) is 0 Å². The van der Waals surface area contributed by atoms with Crippen LogP contribution >= 0.6 is 0 Å². The Morgan fingerprint density at radius 1 is 1.23 bits per heavy atom. The van der Waals surface area contributed by atoms with E-state index in [1.165, 1.54) is 23.5 Å². The Morgan fingerprint density at radius 3 is 2.48 bits per heavy atom. The minimum Gasteiger partial charge on any atom is -0.464 e. The van der Waals surface area contributed by atoms with Gasteiger partial charge in [0, 0.05) is 31.5 Å². The second-order valence-electron chi connectivity index (χ2n) is 7.65. The number of hydrogen-bond donors (Lipinski definition) is 0. The Balaban J connectivity index is 1.97. The van der Waals surface area contributed by atoms with Gasteiger partial charge in [0.1, 0.15) is 5.69 Å². The molecule has 1 atom stereocenters. The summed E-state index contributed by atoms with van der Waals surface area (Å²) in [6.45, 7) is 3.73. The number of ketones is 1. The molecule has 1 aromatic carbocycles. The quantitative estimate of drug-likeness (QED) is 0.455. The highest BCUT2D eigenvalue weighted by atomic mass is 32.2. The van der Waals surface area contributed by atoms with Crippen molar-refractivity contribution in [1.82, 2.24) is 8.87 Å². The normalized spacial score (nSPS) is 16.6. The second kappa shape index (κ2) is 9.33. The molecule has 168 valence electrons. The predicted molar refractivity (Wildman–Crippen MR) is 115 cm³/mol. The highest BCUT2D eigenvalue weighted by Crippen LogP contribution is 2.25. The first-order valence-electron chi connectivity index (χ1n) is 10.1. The summed E-state index contributed by atoms with van der Waals surface area (Å²) in [5.74, 6) is -0.923. The molecule has 31 heavy (non-hydrogen) atoms. The number of ether oxygens (including phenoxy) is 2. The lowest BCUT2D eigenvalue weighted by atomic mass is 10.1. The van der Waals surface area contributed by atoms with Crippen molar-refractivity contribution >= 4 is 21.8 Å². The number of carbonyl (C=O) groups excluding carboxylic acids is 2. The minimum absolute atomic E-state index is 0.0950. The number of hydrogen-bond acceptors (Lipinski definition) is 6. The molecule has 3 rings (SSSR count). The number of esters is 1.